The maximum Gasteiger partial charge on any atom is 0.170 e. The standard InChI is InChI=1S/C22H20N4O/c1-3-27-20-12-8-17(9-13-20)21-24-25-22(18-5-4-14-23-15-18)26(21)19-10-6-16(2)7-11-19/h4-15H,3H2,1-2H3. The molecule has 0 spiro atoms. The minimum atomic E-state index is 0.643. The van der Waals surface area contributed by atoms with Crippen molar-refractivity contribution in [1.82, 2.24) is 19.7 Å². The van der Waals surface area contributed by atoms with Gasteiger partial charge in [-0.2, -0.15) is 0 Å². The zero-order valence-corrected chi connectivity index (χ0v) is 15.3. The van der Waals surface area contributed by atoms with Crippen molar-refractivity contribution in [2.75, 3.05) is 6.61 Å². The molecule has 2 aromatic heterocycles. The fourth-order valence-electron chi connectivity index (χ4n) is 2.96. The molecule has 4 aromatic rings. The van der Waals surface area contributed by atoms with Crippen LogP contribution >= 0.6 is 0 Å². The second-order valence-electron chi connectivity index (χ2n) is 6.22. The van der Waals surface area contributed by atoms with E-state index in [9.17, 15) is 0 Å². The summed E-state index contributed by atoms with van der Waals surface area (Å²) in [6.45, 7) is 4.69. The number of benzene rings is 2. The van der Waals surface area contributed by atoms with Gasteiger partial charge in [-0.3, -0.25) is 9.55 Å². The van der Waals surface area contributed by atoms with Gasteiger partial charge in [-0.1, -0.05) is 17.7 Å². The molecule has 0 radical (unpaired) electrons. The number of hydrogen-bond donors (Lipinski definition) is 0. The molecule has 0 saturated carbocycles. The Bertz CT molecular complexity index is 1020. The third-order valence-corrected chi connectivity index (χ3v) is 4.30. The first-order valence-electron chi connectivity index (χ1n) is 8.92. The molecule has 0 aliphatic carbocycles. The Morgan fingerprint density at radius 1 is 0.852 bits per heavy atom. The molecule has 0 N–H and O–H groups in total. The van der Waals surface area contributed by atoms with Crippen LogP contribution < -0.4 is 4.74 Å². The molecule has 27 heavy (non-hydrogen) atoms. The molecular weight excluding hydrogens is 336 g/mol. The van der Waals surface area contributed by atoms with Crippen LogP contribution in [0.15, 0.2) is 73.1 Å². The first kappa shape index (κ1) is 17.0. The molecule has 134 valence electrons. The lowest BCUT2D eigenvalue weighted by molar-refractivity contribution is 0.340. The molecule has 0 atom stereocenters. The molecule has 2 aromatic carbocycles. The van der Waals surface area contributed by atoms with Crippen molar-refractivity contribution >= 4 is 0 Å². The van der Waals surface area contributed by atoms with Crippen LogP contribution in [0.3, 0.4) is 0 Å². The molecule has 5 nitrogen and oxygen atoms in total. The van der Waals surface area contributed by atoms with Gasteiger partial charge in [-0.05, 0) is 62.4 Å². The van der Waals surface area contributed by atoms with Gasteiger partial charge in [0.2, 0.25) is 0 Å². The van der Waals surface area contributed by atoms with Crippen molar-refractivity contribution in [3.63, 3.8) is 0 Å². The van der Waals surface area contributed by atoms with Crippen LogP contribution in [0.1, 0.15) is 12.5 Å². The second kappa shape index (κ2) is 7.41. The summed E-state index contributed by atoms with van der Waals surface area (Å²) >= 11 is 0. The van der Waals surface area contributed by atoms with Crippen molar-refractivity contribution in [1.29, 1.82) is 0 Å². The Balaban J connectivity index is 1.87. The summed E-state index contributed by atoms with van der Waals surface area (Å²) < 4.78 is 7.61. The van der Waals surface area contributed by atoms with Gasteiger partial charge in [0.25, 0.3) is 0 Å². The van der Waals surface area contributed by atoms with Gasteiger partial charge >= 0.3 is 0 Å². The SMILES string of the molecule is CCOc1ccc(-c2nnc(-c3cccnc3)n2-c2ccc(C)cc2)cc1. The number of nitrogens with zero attached hydrogens (tertiary/aromatic N) is 4. The summed E-state index contributed by atoms with van der Waals surface area (Å²) in [7, 11) is 0. The number of rotatable bonds is 5. The Labute approximate surface area is 158 Å². The van der Waals surface area contributed by atoms with E-state index in [0.29, 0.717) is 6.61 Å². The number of aryl methyl sites for hydroxylation is 1. The fourth-order valence-corrected chi connectivity index (χ4v) is 2.96. The van der Waals surface area contributed by atoms with E-state index < -0.39 is 0 Å². The highest BCUT2D eigenvalue weighted by Gasteiger charge is 2.17. The van der Waals surface area contributed by atoms with E-state index in [4.69, 9.17) is 4.74 Å². The average molecular weight is 356 g/mol. The van der Waals surface area contributed by atoms with Crippen LogP contribution in [0.25, 0.3) is 28.5 Å². The molecule has 0 fully saturated rings. The van der Waals surface area contributed by atoms with E-state index in [1.807, 2.05) is 43.3 Å². The van der Waals surface area contributed by atoms with Gasteiger partial charge in [0.05, 0.1) is 6.61 Å². The van der Waals surface area contributed by atoms with Gasteiger partial charge in [0.1, 0.15) is 5.75 Å². The summed E-state index contributed by atoms with van der Waals surface area (Å²) in [4.78, 5) is 4.23. The van der Waals surface area contributed by atoms with Gasteiger partial charge < -0.3 is 4.74 Å². The molecular formula is C22H20N4O. The van der Waals surface area contributed by atoms with Crippen LogP contribution in [0.5, 0.6) is 5.75 Å². The minimum absolute atomic E-state index is 0.643. The normalized spacial score (nSPS) is 10.7. The van der Waals surface area contributed by atoms with Gasteiger partial charge in [-0.15, -0.1) is 10.2 Å². The summed E-state index contributed by atoms with van der Waals surface area (Å²) in [5.74, 6) is 2.38. The maximum absolute atomic E-state index is 5.55. The second-order valence-corrected chi connectivity index (χ2v) is 6.22. The summed E-state index contributed by atoms with van der Waals surface area (Å²) in [6, 6.07) is 20.2. The van der Waals surface area contributed by atoms with E-state index in [1.165, 1.54) is 5.56 Å². The van der Waals surface area contributed by atoms with Gasteiger partial charge in [-0.25, -0.2) is 0 Å². The monoisotopic (exact) mass is 356 g/mol. The lowest BCUT2D eigenvalue weighted by atomic mass is 10.1. The van der Waals surface area contributed by atoms with Crippen LogP contribution in [0.2, 0.25) is 0 Å². The first-order chi connectivity index (χ1) is 13.3. The van der Waals surface area contributed by atoms with Gasteiger partial charge in [0.15, 0.2) is 11.6 Å². The summed E-state index contributed by atoms with van der Waals surface area (Å²) in [5, 5.41) is 8.94. The van der Waals surface area contributed by atoms with Crippen LogP contribution in [-0.4, -0.2) is 26.4 Å². The summed E-state index contributed by atoms with van der Waals surface area (Å²) in [6.07, 6.45) is 3.56. The van der Waals surface area contributed by atoms with Gasteiger partial charge in [0, 0.05) is 29.2 Å². The topological polar surface area (TPSA) is 52.8 Å². The molecule has 0 bridgehead atoms. The fraction of sp³-hybridized carbons (Fsp3) is 0.136. The third-order valence-electron chi connectivity index (χ3n) is 4.30. The summed E-state index contributed by atoms with van der Waals surface area (Å²) in [5.41, 5.74) is 4.11. The Morgan fingerprint density at radius 2 is 1.56 bits per heavy atom. The quantitative estimate of drug-likeness (QED) is 0.520. The molecule has 5 heteroatoms. The largest absolute Gasteiger partial charge is 0.494 e. The van der Waals surface area contributed by atoms with Crippen molar-refractivity contribution in [2.45, 2.75) is 13.8 Å². The zero-order chi connectivity index (χ0) is 18.6. The lowest BCUT2D eigenvalue weighted by Crippen LogP contribution is -2.00. The first-order valence-corrected chi connectivity index (χ1v) is 8.92. The van der Waals surface area contributed by atoms with Crippen LogP contribution in [0, 0.1) is 6.92 Å². The molecule has 0 amide bonds. The molecule has 0 aliphatic rings. The zero-order valence-electron chi connectivity index (χ0n) is 15.3. The minimum Gasteiger partial charge on any atom is -0.494 e. The molecule has 0 saturated heterocycles. The van der Waals surface area contributed by atoms with Crippen LogP contribution in [-0.2, 0) is 0 Å². The molecule has 2 heterocycles. The molecule has 0 aliphatic heterocycles. The lowest BCUT2D eigenvalue weighted by Gasteiger charge is -2.11. The van der Waals surface area contributed by atoms with Crippen LogP contribution in [0.4, 0.5) is 0 Å². The molecule has 0 unspecified atom stereocenters. The van der Waals surface area contributed by atoms with E-state index in [0.717, 1.165) is 34.2 Å². The van der Waals surface area contributed by atoms with E-state index >= 15 is 0 Å². The van der Waals surface area contributed by atoms with E-state index in [-0.39, 0.29) is 0 Å². The number of pyridine rings is 1. The van der Waals surface area contributed by atoms with E-state index in [1.54, 1.807) is 12.4 Å². The molecule has 4 rings (SSSR count). The predicted octanol–water partition coefficient (Wildman–Crippen LogP) is 4.70. The Morgan fingerprint density at radius 3 is 2.19 bits per heavy atom. The van der Waals surface area contributed by atoms with Crippen molar-refractivity contribution in [2.24, 2.45) is 0 Å². The maximum atomic E-state index is 5.55. The van der Waals surface area contributed by atoms with Crippen molar-refractivity contribution in [3.05, 3.63) is 78.6 Å². The Kier molecular flexibility index (Phi) is 4.66. The Hall–Kier alpha value is -3.47. The predicted molar refractivity (Wildman–Crippen MR) is 106 cm³/mol. The van der Waals surface area contributed by atoms with Crippen molar-refractivity contribution in [3.8, 4) is 34.2 Å². The third kappa shape index (κ3) is 3.44. The number of ether oxygens (including phenoxy) is 1. The highest BCUT2D eigenvalue weighted by molar-refractivity contribution is 5.66. The number of hydrogen-bond acceptors (Lipinski definition) is 4. The highest BCUT2D eigenvalue weighted by atomic mass is 16.5. The van der Waals surface area contributed by atoms with E-state index in [2.05, 4.69) is 50.9 Å². The average Bonchev–Trinajstić information content (AvgIpc) is 3.15. The number of aromatic nitrogens is 4. The highest BCUT2D eigenvalue weighted by Crippen LogP contribution is 2.29. The van der Waals surface area contributed by atoms with Crippen molar-refractivity contribution < 1.29 is 4.74 Å². The smallest absolute Gasteiger partial charge is 0.170 e.